The Morgan fingerprint density at radius 2 is 2.13 bits per heavy atom. The van der Waals surface area contributed by atoms with E-state index in [4.69, 9.17) is 5.26 Å². The van der Waals surface area contributed by atoms with Crippen molar-refractivity contribution in [3.63, 3.8) is 0 Å². The van der Waals surface area contributed by atoms with Gasteiger partial charge in [-0.3, -0.25) is 0 Å². The average molecular weight is 209 g/mol. The number of rotatable bonds is 5. The van der Waals surface area contributed by atoms with Crippen molar-refractivity contribution < 1.29 is 9.53 Å². The molecule has 0 heterocycles. The van der Waals surface area contributed by atoms with E-state index in [1.807, 2.05) is 19.9 Å². The Hall–Kier alpha value is -1.30. The van der Waals surface area contributed by atoms with Crippen molar-refractivity contribution in [2.24, 2.45) is 5.41 Å². The van der Waals surface area contributed by atoms with Gasteiger partial charge in [0.2, 0.25) is 0 Å². The molecule has 0 aromatic heterocycles. The van der Waals surface area contributed by atoms with Gasteiger partial charge in [0.15, 0.2) is 5.41 Å². The molecule has 0 unspecified atom stereocenters. The van der Waals surface area contributed by atoms with Crippen LogP contribution in [0.4, 0.5) is 0 Å². The van der Waals surface area contributed by atoms with Gasteiger partial charge in [0, 0.05) is 0 Å². The maximum Gasteiger partial charge on any atom is 0.330 e. The van der Waals surface area contributed by atoms with E-state index in [1.165, 1.54) is 7.11 Å². The molecule has 0 bridgehead atoms. The maximum atomic E-state index is 11.6. The van der Waals surface area contributed by atoms with Gasteiger partial charge in [-0.05, 0) is 25.3 Å². The summed E-state index contributed by atoms with van der Waals surface area (Å²) in [6, 6.07) is 2.06. The monoisotopic (exact) mass is 209 g/mol. The summed E-state index contributed by atoms with van der Waals surface area (Å²) in [5, 5.41) is 9.12. The lowest BCUT2D eigenvalue weighted by atomic mass is 9.80. The van der Waals surface area contributed by atoms with E-state index >= 15 is 0 Å². The summed E-state index contributed by atoms with van der Waals surface area (Å²) in [5.41, 5.74) is -0.261. The molecule has 0 N–H and O–H groups in total. The number of ether oxygens (including phenoxy) is 1. The highest BCUT2D eigenvalue weighted by Gasteiger charge is 2.37. The minimum Gasteiger partial charge on any atom is -0.468 e. The van der Waals surface area contributed by atoms with E-state index in [0.29, 0.717) is 0 Å². The van der Waals surface area contributed by atoms with Crippen LogP contribution in [0.25, 0.3) is 0 Å². The predicted molar refractivity (Wildman–Crippen MR) is 59.0 cm³/mol. The molecule has 15 heavy (non-hydrogen) atoms. The van der Waals surface area contributed by atoms with Crippen molar-refractivity contribution in [3.8, 4) is 6.07 Å². The van der Waals surface area contributed by atoms with Gasteiger partial charge < -0.3 is 4.74 Å². The van der Waals surface area contributed by atoms with Crippen LogP contribution in [0.3, 0.4) is 0 Å². The van der Waals surface area contributed by atoms with Gasteiger partial charge in [-0.2, -0.15) is 5.26 Å². The molecule has 0 rings (SSSR count). The van der Waals surface area contributed by atoms with Crippen LogP contribution >= 0.6 is 0 Å². The van der Waals surface area contributed by atoms with Crippen molar-refractivity contribution in [3.05, 3.63) is 11.6 Å². The van der Waals surface area contributed by atoms with Crippen LogP contribution < -0.4 is 0 Å². The third kappa shape index (κ3) is 3.09. The fourth-order valence-corrected chi connectivity index (χ4v) is 1.52. The molecule has 0 saturated heterocycles. The molecule has 1 atom stereocenters. The highest BCUT2D eigenvalue weighted by molar-refractivity contribution is 5.83. The molecule has 0 saturated carbocycles. The van der Waals surface area contributed by atoms with Crippen LogP contribution in [0, 0.1) is 16.7 Å². The Bertz CT molecular complexity index is 288. The summed E-state index contributed by atoms with van der Waals surface area (Å²) >= 11 is 0. The number of nitrogens with zero attached hydrogens (tertiary/aromatic N) is 1. The van der Waals surface area contributed by atoms with Gasteiger partial charge in [0.05, 0.1) is 13.2 Å². The largest absolute Gasteiger partial charge is 0.468 e. The molecule has 0 amide bonds. The maximum absolute atomic E-state index is 11.6. The minimum atomic E-state index is -1.12. The van der Waals surface area contributed by atoms with Crippen molar-refractivity contribution in [1.29, 1.82) is 5.26 Å². The topological polar surface area (TPSA) is 50.1 Å². The summed E-state index contributed by atoms with van der Waals surface area (Å²) in [5.74, 6) is -0.474. The summed E-state index contributed by atoms with van der Waals surface area (Å²) in [4.78, 5) is 11.6. The van der Waals surface area contributed by atoms with Crippen molar-refractivity contribution in [2.45, 2.75) is 40.0 Å². The smallest absolute Gasteiger partial charge is 0.330 e. The molecule has 0 fully saturated rings. The third-order valence-corrected chi connectivity index (χ3v) is 2.43. The standard InChI is InChI=1S/C12H19NO2/c1-5-7-10(8-6-2)12(3,9-13)11(14)15-4/h7H,5-6,8H2,1-4H3/b10-7+/t12-/m0/s1. The Morgan fingerprint density at radius 3 is 2.47 bits per heavy atom. The van der Waals surface area contributed by atoms with Crippen molar-refractivity contribution >= 4 is 5.97 Å². The van der Waals surface area contributed by atoms with Crippen LogP contribution in [0.1, 0.15) is 40.0 Å². The fourth-order valence-electron chi connectivity index (χ4n) is 1.52. The first kappa shape index (κ1) is 13.7. The lowest BCUT2D eigenvalue weighted by molar-refractivity contribution is -0.146. The van der Waals surface area contributed by atoms with Gasteiger partial charge in [0.1, 0.15) is 0 Å². The number of esters is 1. The Morgan fingerprint density at radius 1 is 1.53 bits per heavy atom. The molecule has 0 aliphatic heterocycles. The van der Waals surface area contributed by atoms with Crippen molar-refractivity contribution in [2.75, 3.05) is 7.11 Å². The highest BCUT2D eigenvalue weighted by atomic mass is 16.5. The fraction of sp³-hybridized carbons (Fsp3) is 0.667. The average Bonchev–Trinajstić information content (AvgIpc) is 2.26. The van der Waals surface area contributed by atoms with Crippen LogP contribution in [0.2, 0.25) is 0 Å². The molecule has 0 aromatic rings. The highest BCUT2D eigenvalue weighted by Crippen LogP contribution is 2.31. The summed E-state index contributed by atoms with van der Waals surface area (Å²) < 4.78 is 4.68. The summed E-state index contributed by atoms with van der Waals surface area (Å²) in [7, 11) is 1.31. The molecule has 0 aliphatic rings. The second-order valence-corrected chi connectivity index (χ2v) is 3.62. The molecular formula is C12H19NO2. The number of methoxy groups -OCH3 is 1. The van der Waals surface area contributed by atoms with Crippen LogP contribution in [-0.2, 0) is 9.53 Å². The second-order valence-electron chi connectivity index (χ2n) is 3.62. The zero-order valence-electron chi connectivity index (χ0n) is 9.96. The van der Waals surface area contributed by atoms with E-state index in [-0.39, 0.29) is 0 Å². The number of carbonyl (C=O) groups is 1. The van der Waals surface area contributed by atoms with Crippen molar-refractivity contribution in [1.82, 2.24) is 0 Å². The van der Waals surface area contributed by atoms with Gasteiger partial charge in [-0.1, -0.05) is 26.3 Å². The number of carbonyl (C=O) groups excluding carboxylic acids is 1. The minimum absolute atomic E-state index is 0.474. The normalized spacial score (nSPS) is 15.3. The summed E-state index contributed by atoms with van der Waals surface area (Å²) in [6.07, 6.45) is 4.44. The zero-order chi connectivity index (χ0) is 11.9. The number of hydrogen-bond donors (Lipinski definition) is 0. The molecular weight excluding hydrogens is 190 g/mol. The second kappa shape index (κ2) is 6.23. The lowest BCUT2D eigenvalue weighted by Crippen LogP contribution is -2.29. The molecule has 84 valence electrons. The molecule has 3 nitrogen and oxygen atoms in total. The molecule has 0 aromatic carbocycles. The van der Waals surface area contributed by atoms with Gasteiger partial charge in [0.25, 0.3) is 0 Å². The first-order valence-electron chi connectivity index (χ1n) is 5.25. The first-order valence-corrected chi connectivity index (χ1v) is 5.25. The Labute approximate surface area is 91.7 Å². The SMILES string of the molecule is CC/C=C(\CCC)[C@](C)(C#N)C(=O)OC. The molecule has 3 heteroatoms. The quantitative estimate of drug-likeness (QED) is 0.516. The van der Waals surface area contributed by atoms with Crippen LogP contribution in [0.5, 0.6) is 0 Å². The third-order valence-electron chi connectivity index (χ3n) is 2.43. The lowest BCUT2D eigenvalue weighted by Gasteiger charge is -2.22. The van der Waals surface area contributed by atoms with E-state index in [2.05, 4.69) is 10.8 Å². The first-order chi connectivity index (χ1) is 7.06. The number of allylic oxidation sites excluding steroid dienone is 1. The Kier molecular flexibility index (Phi) is 5.69. The van der Waals surface area contributed by atoms with E-state index in [1.54, 1.807) is 6.92 Å². The molecule has 0 spiro atoms. The number of hydrogen-bond acceptors (Lipinski definition) is 3. The zero-order valence-corrected chi connectivity index (χ0v) is 9.96. The Balaban J connectivity index is 5.14. The van der Waals surface area contributed by atoms with Gasteiger partial charge in [-0.25, -0.2) is 4.79 Å². The molecule has 0 radical (unpaired) electrons. The van der Waals surface area contributed by atoms with Crippen LogP contribution in [0.15, 0.2) is 11.6 Å². The number of nitriles is 1. The van der Waals surface area contributed by atoms with E-state index in [9.17, 15) is 4.79 Å². The van der Waals surface area contributed by atoms with Gasteiger partial charge in [-0.15, -0.1) is 0 Å². The predicted octanol–water partition coefficient (Wildman–Crippen LogP) is 2.83. The van der Waals surface area contributed by atoms with E-state index < -0.39 is 11.4 Å². The van der Waals surface area contributed by atoms with Gasteiger partial charge >= 0.3 is 5.97 Å². The summed E-state index contributed by atoms with van der Waals surface area (Å²) in [6.45, 7) is 5.64. The molecule has 0 aliphatic carbocycles. The van der Waals surface area contributed by atoms with E-state index in [0.717, 1.165) is 24.8 Å². The van der Waals surface area contributed by atoms with Crippen LogP contribution in [-0.4, -0.2) is 13.1 Å².